The van der Waals surface area contributed by atoms with Gasteiger partial charge < -0.3 is 9.80 Å². The minimum Gasteiger partial charge on any atom is -0.339 e. The molecular formula is C22H22ClF2N5O2. The minimum absolute atomic E-state index is 0.00242. The predicted molar refractivity (Wildman–Crippen MR) is 116 cm³/mol. The number of pyridine rings is 1. The van der Waals surface area contributed by atoms with Gasteiger partial charge in [0.15, 0.2) is 5.78 Å². The molecule has 32 heavy (non-hydrogen) atoms. The van der Waals surface area contributed by atoms with Crippen molar-refractivity contribution in [3.8, 4) is 0 Å². The summed E-state index contributed by atoms with van der Waals surface area (Å²) in [5.41, 5.74) is 0.671. The molecule has 1 aliphatic rings. The Labute approximate surface area is 188 Å². The van der Waals surface area contributed by atoms with Crippen LogP contribution in [0.15, 0.2) is 36.5 Å². The predicted octanol–water partition coefficient (Wildman–Crippen LogP) is 3.22. The highest BCUT2D eigenvalue weighted by molar-refractivity contribution is 6.32. The summed E-state index contributed by atoms with van der Waals surface area (Å²) >= 11 is 6.35. The molecule has 1 fully saturated rings. The summed E-state index contributed by atoms with van der Waals surface area (Å²) in [5, 5.41) is 5.50. The maximum Gasteiger partial charge on any atom is 0.280 e. The molecule has 0 radical (unpaired) electrons. The molecule has 0 bridgehead atoms. The van der Waals surface area contributed by atoms with Crippen LogP contribution in [0.1, 0.15) is 28.2 Å². The van der Waals surface area contributed by atoms with Crippen molar-refractivity contribution in [1.29, 1.82) is 0 Å². The van der Waals surface area contributed by atoms with Gasteiger partial charge in [-0.3, -0.25) is 14.3 Å². The summed E-state index contributed by atoms with van der Waals surface area (Å²) in [6, 6.07) is 7.34. The molecule has 168 valence electrons. The van der Waals surface area contributed by atoms with E-state index in [1.165, 1.54) is 18.2 Å². The number of benzene rings is 1. The van der Waals surface area contributed by atoms with E-state index < -0.39 is 17.9 Å². The zero-order chi connectivity index (χ0) is 22.8. The second-order valence-electron chi connectivity index (χ2n) is 7.86. The SMILES string of the molecule is CN1CCN(C(=O)Cn2cc3cc(CC(=O)c4cccc(C(F)F)n4)c(Cl)cc3n2)CC1. The number of carbonyl (C=O) groups excluding carboxylic acids is 2. The second kappa shape index (κ2) is 9.30. The summed E-state index contributed by atoms with van der Waals surface area (Å²) < 4.78 is 27.3. The molecule has 3 aromatic rings. The van der Waals surface area contributed by atoms with Crippen LogP contribution in [-0.2, 0) is 17.8 Å². The van der Waals surface area contributed by atoms with Gasteiger partial charge in [0.05, 0.1) is 5.52 Å². The number of Topliss-reactive ketones (excluding diaryl/α,β-unsaturated/α-hetero) is 1. The van der Waals surface area contributed by atoms with Gasteiger partial charge in [-0.1, -0.05) is 17.7 Å². The highest BCUT2D eigenvalue weighted by atomic mass is 35.5. The third-order valence-corrected chi connectivity index (χ3v) is 5.86. The molecule has 2 aromatic heterocycles. The molecule has 0 atom stereocenters. The van der Waals surface area contributed by atoms with Gasteiger partial charge in [0.25, 0.3) is 6.43 Å². The standard InChI is InChI=1S/C22H22ClF2N5O2/c1-28-5-7-29(8-6-28)21(32)13-30-12-15-9-14(16(23)11-19(15)27-30)10-20(31)17-3-2-4-18(26-17)22(24)25/h2-4,9,11-12,22H,5-8,10,13H2,1H3. The third-order valence-electron chi connectivity index (χ3n) is 5.50. The number of alkyl halides is 2. The first-order chi connectivity index (χ1) is 15.3. The molecule has 4 rings (SSSR count). The zero-order valence-electron chi connectivity index (χ0n) is 17.5. The average Bonchev–Trinajstić information content (AvgIpc) is 3.15. The Morgan fingerprint density at radius 1 is 1.16 bits per heavy atom. The van der Waals surface area contributed by atoms with Crippen LogP contribution in [-0.4, -0.2) is 69.5 Å². The molecule has 0 N–H and O–H groups in total. The van der Waals surface area contributed by atoms with Crippen LogP contribution in [0.3, 0.4) is 0 Å². The molecule has 0 saturated carbocycles. The van der Waals surface area contributed by atoms with Gasteiger partial charge in [-0.15, -0.1) is 0 Å². The Morgan fingerprint density at radius 3 is 2.62 bits per heavy atom. The van der Waals surface area contributed by atoms with E-state index in [9.17, 15) is 18.4 Å². The Kier molecular flexibility index (Phi) is 6.48. The molecule has 1 amide bonds. The van der Waals surface area contributed by atoms with Crippen LogP contribution in [0.4, 0.5) is 8.78 Å². The smallest absolute Gasteiger partial charge is 0.280 e. The monoisotopic (exact) mass is 461 g/mol. The number of rotatable bonds is 6. The lowest BCUT2D eigenvalue weighted by molar-refractivity contribution is -0.133. The normalized spacial score (nSPS) is 15.0. The van der Waals surface area contributed by atoms with Gasteiger partial charge in [0.1, 0.15) is 17.9 Å². The molecule has 7 nitrogen and oxygen atoms in total. The van der Waals surface area contributed by atoms with Gasteiger partial charge in [-0.2, -0.15) is 5.10 Å². The number of halogens is 3. The summed E-state index contributed by atoms with van der Waals surface area (Å²) in [4.78, 5) is 32.9. The lowest BCUT2D eigenvalue weighted by Gasteiger charge is -2.32. The van der Waals surface area contributed by atoms with E-state index >= 15 is 0 Å². The number of amides is 1. The first-order valence-electron chi connectivity index (χ1n) is 10.2. The molecule has 1 saturated heterocycles. The molecule has 1 aliphatic heterocycles. The van der Waals surface area contributed by atoms with E-state index in [-0.39, 0.29) is 24.6 Å². The molecule has 0 spiro atoms. The number of likely N-dealkylation sites (N-methyl/N-ethyl adjacent to an activating group) is 1. The second-order valence-corrected chi connectivity index (χ2v) is 8.27. The first-order valence-corrected chi connectivity index (χ1v) is 10.6. The summed E-state index contributed by atoms with van der Waals surface area (Å²) in [6.45, 7) is 3.18. The van der Waals surface area contributed by atoms with Crippen molar-refractivity contribution in [3.63, 3.8) is 0 Å². The quantitative estimate of drug-likeness (QED) is 0.527. The van der Waals surface area contributed by atoms with Crippen molar-refractivity contribution >= 4 is 34.2 Å². The van der Waals surface area contributed by atoms with E-state index in [1.807, 2.05) is 11.9 Å². The fraction of sp³-hybridized carbons (Fsp3) is 0.364. The Balaban J connectivity index is 1.49. The largest absolute Gasteiger partial charge is 0.339 e. The average molecular weight is 462 g/mol. The highest BCUT2D eigenvalue weighted by Gasteiger charge is 2.20. The van der Waals surface area contributed by atoms with Gasteiger partial charge in [0, 0.05) is 49.2 Å². The van der Waals surface area contributed by atoms with Crippen molar-refractivity contribution in [3.05, 3.63) is 58.5 Å². The third kappa shape index (κ3) is 4.94. The van der Waals surface area contributed by atoms with E-state index in [0.29, 0.717) is 29.2 Å². The van der Waals surface area contributed by atoms with Crippen LogP contribution >= 0.6 is 11.6 Å². The highest BCUT2D eigenvalue weighted by Crippen LogP contribution is 2.25. The first kappa shape index (κ1) is 22.3. The Hall–Kier alpha value is -2.91. The maximum atomic E-state index is 12.9. The topological polar surface area (TPSA) is 71.3 Å². The lowest BCUT2D eigenvalue weighted by Crippen LogP contribution is -2.48. The molecule has 0 unspecified atom stereocenters. The number of nitrogens with zero attached hydrogens (tertiary/aromatic N) is 5. The van der Waals surface area contributed by atoms with Crippen LogP contribution in [0.5, 0.6) is 0 Å². The van der Waals surface area contributed by atoms with Gasteiger partial charge in [-0.25, -0.2) is 13.8 Å². The zero-order valence-corrected chi connectivity index (χ0v) is 18.2. The van der Waals surface area contributed by atoms with Crippen molar-refractivity contribution < 1.29 is 18.4 Å². The molecular weight excluding hydrogens is 440 g/mol. The van der Waals surface area contributed by atoms with Crippen molar-refractivity contribution in [2.45, 2.75) is 19.4 Å². The van der Waals surface area contributed by atoms with Crippen molar-refractivity contribution in [2.24, 2.45) is 0 Å². The summed E-state index contributed by atoms with van der Waals surface area (Å²) in [5.74, 6) is -0.413. The molecule has 10 heteroatoms. The van der Waals surface area contributed by atoms with Crippen LogP contribution in [0.25, 0.3) is 10.9 Å². The van der Waals surface area contributed by atoms with Crippen molar-refractivity contribution in [1.82, 2.24) is 24.6 Å². The maximum absolute atomic E-state index is 12.9. The van der Waals surface area contributed by atoms with Crippen LogP contribution < -0.4 is 0 Å². The van der Waals surface area contributed by atoms with E-state index in [2.05, 4.69) is 15.0 Å². The Morgan fingerprint density at radius 2 is 1.91 bits per heavy atom. The number of hydrogen-bond donors (Lipinski definition) is 0. The number of aromatic nitrogens is 3. The number of carbonyl (C=O) groups is 2. The van der Waals surface area contributed by atoms with Gasteiger partial charge in [-0.05, 0) is 36.9 Å². The fourth-order valence-electron chi connectivity index (χ4n) is 3.65. The number of fused-ring (bicyclic) bond motifs is 1. The summed E-state index contributed by atoms with van der Waals surface area (Å²) in [6.07, 6.45) is -1.09. The van der Waals surface area contributed by atoms with Crippen LogP contribution in [0, 0.1) is 0 Å². The lowest BCUT2D eigenvalue weighted by atomic mass is 10.0. The summed E-state index contributed by atoms with van der Waals surface area (Å²) in [7, 11) is 2.03. The Bertz CT molecular complexity index is 1160. The minimum atomic E-state index is -2.75. The number of piperazine rings is 1. The van der Waals surface area contributed by atoms with Gasteiger partial charge >= 0.3 is 0 Å². The van der Waals surface area contributed by atoms with E-state index in [0.717, 1.165) is 18.5 Å². The van der Waals surface area contributed by atoms with Gasteiger partial charge in [0.2, 0.25) is 5.91 Å². The molecule has 1 aromatic carbocycles. The van der Waals surface area contributed by atoms with Crippen molar-refractivity contribution in [2.75, 3.05) is 33.2 Å². The number of hydrogen-bond acceptors (Lipinski definition) is 5. The van der Waals surface area contributed by atoms with Crippen LogP contribution in [0.2, 0.25) is 5.02 Å². The van der Waals surface area contributed by atoms with E-state index in [1.54, 1.807) is 23.0 Å². The fourth-order valence-corrected chi connectivity index (χ4v) is 3.87. The number of ketones is 1. The van der Waals surface area contributed by atoms with E-state index in [4.69, 9.17) is 11.6 Å². The molecule has 0 aliphatic carbocycles. The molecule has 3 heterocycles.